The van der Waals surface area contributed by atoms with Crippen LogP contribution in [-0.2, 0) is 14.6 Å². The van der Waals surface area contributed by atoms with E-state index in [1.54, 1.807) is 0 Å². The molecule has 16 heavy (non-hydrogen) atoms. The van der Waals surface area contributed by atoms with Crippen LogP contribution in [0, 0.1) is 5.41 Å². The minimum Gasteiger partial charge on any atom is -0.381 e. The smallest absolute Gasteiger partial charge is 0.147 e. The molecule has 0 unspecified atom stereocenters. The Morgan fingerprint density at radius 1 is 1.31 bits per heavy atom. The molecule has 96 valence electrons. The molecule has 0 bridgehead atoms. The van der Waals surface area contributed by atoms with Crippen molar-refractivity contribution >= 4 is 9.84 Å². The van der Waals surface area contributed by atoms with Crippen LogP contribution < -0.4 is 5.32 Å². The number of hydrogen-bond acceptors (Lipinski definition) is 4. The zero-order chi connectivity index (χ0) is 12.1. The second kappa shape index (κ2) is 5.98. The highest BCUT2D eigenvalue weighted by atomic mass is 32.2. The van der Waals surface area contributed by atoms with Gasteiger partial charge in [-0.25, -0.2) is 8.42 Å². The molecule has 1 rings (SSSR count). The molecule has 0 aromatic rings. The van der Waals surface area contributed by atoms with E-state index in [4.69, 9.17) is 4.74 Å². The summed E-state index contributed by atoms with van der Waals surface area (Å²) in [7, 11) is -2.86. The maximum atomic E-state index is 11.2. The van der Waals surface area contributed by atoms with Crippen LogP contribution in [0.4, 0.5) is 0 Å². The summed E-state index contributed by atoms with van der Waals surface area (Å²) < 4.78 is 27.8. The highest BCUT2D eigenvalue weighted by Crippen LogP contribution is 2.33. The molecule has 1 saturated heterocycles. The third-order valence-corrected chi connectivity index (χ3v) is 4.25. The second-order valence-electron chi connectivity index (χ2n) is 4.77. The van der Waals surface area contributed by atoms with Crippen molar-refractivity contribution < 1.29 is 13.2 Å². The van der Waals surface area contributed by atoms with Gasteiger partial charge in [0.2, 0.25) is 0 Å². The maximum Gasteiger partial charge on any atom is 0.147 e. The molecule has 0 radical (unpaired) electrons. The molecule has 0 aromatic carbocycles. The summed E-state index contributed by atoms with van der Waals surface area (Å²) >= 11 is 0. The maximum absolute atomic E-state index is 11.2. The topological polar surface area (TPSA) is 55.4 Å². The SMILES string of the molecule is CCNCC1(CCS(C)(=O)=O)CCOCC1. The molecule has 1 aliphatic rings. The number of hydrogen-bond donors (Lipinski definition) is 1. The van der Waals surface area contributed by atoms with E-state index in [-0.39, 0.29) is 5.41 Å². The molecule has 1 N–H and O–H groups in total. The summed E-state index contributed by atoms with van der Waals surface area (Å²) in [6.45, 7) is 5.43. The van der Waals surface area contributed by atoms with Gasteiger partial charge >= 0.3 is 0 Å². The number of rotatable bonds is 6. The Kier molecular flexibility index (Phi) is 5.21. The molecule has 0 aliphatic carbocycles. The van der Waals surface area contributed by atoms with E-state index >= 15 is 0 Å². The van der Waals surface area contributed by atoms with Gasteiger partial charge in [0.1, 0.15) is 9.84 Å². The molecule has 0 aromatic heterocycles. The molecule has 5 heteroatoms. The lowest BCUT2D eigenvalue weighted by Gasteiger charge is -2.37. The second-order valence-corrected chi connectivity index (χ2v) is 7.03. The highest BCUT2D eigenvalue weighted by molar-refractivity contribution is 7.90. The average molecular weight is 249 g/mol. The van der Waals surface area contributed by atoms with Crippen molar-refractivity contribution in [3.63, 3.8) is 0 Å². The van der Waals surface area contributed by atoms with Gasteiger partial charge in [-0.15, -0.1) is 0 Å². The first-order chi connectivity index (χ1) is 7.47. The number of nitrogens with one attached hydrogen (secondary N) is 1. The summed E-state index contributed by atoms with van der Waals surface area (Å²) in [6, 6.07) is 0. The minimum absolute atomic E-state index is 0.122. The van der Waals surface area contributed by atoms with E-state index in [1.165, 1.54) is 6.26 Å². The zero-order valence-electron chi connectivity index (χ0n) is 10.3. The Morgan fingerprint density at radius 2 is 1.94 bits per heavy atom. The number of ether oxygens (including phenoxy) is 1. The van der Waals surface area contributed by atoms with Crippen molar-refractivity contribution in [2.75, 3.05) is 38.3 Å². The van der Waals surface area contributed by atoms with Crippen molar-refractivity contribution in [3.8, 4) is 0 Å². The largest absolute Gasteiger partial charge is 0.381 e. The van der Waals surface area contributed by atoms with Crippen LogP contribution in [0.5, 0.6) is 0 Å². The van der Waals surface area contributed by atoms with Crippen LogP contribution >= 0.6 is 0 Å². The Hall–Kier alpha value is -0.130. The van der Waals surface area contributed by atoms with Crippen molar-refractivity contribution in [3.05, 3.63) is 0 Å². The van der Waals surface area contributed by atoms with E-state index in [1.807, 2.05) is 0 Å². The normalized spacial score (nSPS) is 20.9. The summed E-state index contributed by atoms with van der Waals surface area (Å²) in [5, 5.41) is 3.34. The van der Waals surface area contributed by atoms with E-state index in [9.17, 15) is 8.42 Å². The van der Waals surface area contributed by atoms with Gasteiger partial charge in [0.05, 0.1) is 5.75 Å². The Labute approximate surface area is 98.7 Å². The number of sulfone groups is 1. The lowest BCUT2D eigenvalue weighted by molar-refractivity contribution is 0.0135. The third-order valence-electron chi connectivity index (χ3n) is 3.31. The molecule has 0 spiro atoms. The molecule has 4 nitrogen and oxygen atoms in total. The summed E-state index contributed by atoms with van der Waals surface area (Å²) in [6.07, 6.45) is 4.00. The molecule has 0 amide bonds. The van der Waals surface area contributed by atoms with Crippen LogP contribution in [0.25, 0.3) is 0 Å². The van der Waals surface area contributed by atoms with Gasteiger partial charge in [0.25, 0.3) is 0 Å². The zero-order valence-corrected chi connectivity index (χ0v) is 11.1. The first kappa shape index (κ1) is 13.9. The monoisotopic (exact) mass is 249 g/mol. The van der Waals surface area contributed by atoms with Gasteiger partial charge < -0.3 is 10.1 Å². The lowest BCUT2D eigenvalue weighted by atomic mass is 9.78. The molecule has 1 heterocycles. The van der Waals surface area contributed by atoms with Gasteiger partial charge in [-0.3, -0.25) is 0 Å². The van der Waals surface area contributed by atoms with Gasteiger partial charge in [0, 0.05) is 26.0 Å². The summed E-state index contributed by atoms with van der Waals surface area (Å²) in [5.41, 5.74) is 0.122. The van der Waals surface area contributed by atoms with E-state index < -0.39 is 9.84 Å². The van der Waals surface area contributed by atoms with E-state index in [2.05, 4.69) is 12.2 Å². The molecular weight excluding hydrogens is 226 g/mol. The molecule has 1 fully saturated rings. The molecule has 0 atom stereocenters. The van der Waals surface area contributed by atoms with Crippen LogP contribution in [0.3, 0.4) is 0 Å². The Morgan fingerprint density at radius 3 is 2.44 bits per heavy atom. The fourth-order valence-corrected chi connectivity index (χ4v) is 2.92. The van der Waals surface area contributed by atoms with Gasteiger partial charge in [-0.1, -0.05) is 6.92 Å². The highest BCUT2D eigenvalue weighted by Gasteiger charge is 2.32. The van der Waals surface area contributed by atoms with Crippen molar-refractivity contribution in [1.29, 1.82) is 0 Å². The fourth-order valence-electron chi connectivity index (χ4n) is 2.11. The third kappa shape index (κ3) is 4.80. The Bertz CT molecular complexity index is 294. The first-order valence-corrected chi connectivity index (χ1v) is 8.00. The van der Waals surface area contributed by atoms with Crippen LogP contribution in [0.15, 0.2) is 0 Å². The fraction of sp³-hybridized carbons (Fsp3) is 1.00. The minimum atomic E-state index is -2.86. The Balaban J connectivity index is 2.55. The molecule has 0 saturated carbocycles. The van der Waals surface area contributed by atoms with Gasteiger partial charge in [-0.2, -0.15) is 0 Å². The summed E-state index contributed by atoms with van der Waals surface area (Å²) in [5.74, 6) is 0.290. The van der Waals surface area contributed by atoms with Crippen LogP contribution in [-0.4, -0.2) is 46.7 Å². The van der Waals surface area contributed by atoms with Gasteiger partial charge in [0.15, 0.2) is 0 Å². The van der Waals surface area contributed by atoms with Crippen molar-refractivity contribution in [2.45, 2.75) is 26.2 Å². The predicted molar refractivity (Wildman–Crippen MR) is 65.4 cm³/mol. The molecule has 1 aliphatic heterocycles. The van der Waals surface area contributed by atoms with Crippen LogP contribution in [0.1, 0.15) is 26.2 Å². The van der Waals surface area contributed by atoms with Gasteiger partial charge in [-0.05, 0) is 31.2 Å². The predicted octanol–water partition coefficient (Wildman–Crippen LogP) is 0.827. The van der Waals surface area contributed by atoms with E-state index in [0.29, 0.717) is 5.75 Å². The summed E-state index contributed by atoms with van der Waals surface area (Å²) in [4.78, 5) is 0. The average Bonchev–Trinajstić information content (AvgIpc) is 2.24. The molecular formula is C11H23NO3S. The van der Waals surface area contributed by atoms with E-state index in [0.717, 1.165) is 45.6 Å². The van der Waals surface area contributed by atoms with Crippen molar-refractivity contribution in [2.24, 2.45) is 5.41 Å². The standard InChI is InChI=1S/C11H23NO3S/c1-3-12-10-11(4-7-15-8-5-11)6-9-16(2,13)14/h12H,3-10H2,1-2H3. The first-order valence-electron chi connectivity index (χ1n) is 5.94. The quantitative estimate of drug-likeness (QED) is 0.757. The lowest BCUT2D eigenvalue weighted by Crippen LogP contribution is -2.40. The van der Waals surface area contributed by atoms with Crippen LogP contribution in [0.2, 0.25) is 0 Å². The van der Waals surface area contributed by atoms with Crippen molar-refractivity contribution in [1.82, 2.24) is 5.32 Å².